The van der Waals surface area contributed by atoms with Crippen LogP contribution in [0.15, 0.2) is 36.5 Å². The van der Waals surface area contributed by atoms with Crippen LogP contribution in [0.25, 0.3) is 0 Å². The Bertz CT molecular complexity index is 821. The predicted molar refractivity (Wildman–Crippen MR) is 107 cm³/mol. The molecule has 2 aliphatic heterocycles. The number of para-hydroxylation sites is 1. The number of benzene rings is 1. The lowest BCUT2D eigenvalue weighted by Gasteiger charge is -2.27. The molecule has 1 aromatic carbocycles. The number of piperidine rings is 1. The Morgan fingerprint density at radius 1 is 1.26 bits per heavy atom. The molecule has 1 atom stereocenters. The van der Waals surface area contributed by atoms with Crippen molar-refractivity contribution in [3.05, 3.63) is 52.7 Å². The van der Waals surface area contributed by atoms with E-state index >= 15 is 0 Å². The van der Waals surface area contributed by atoms with Crippen molar-refractivity contribution in [1.82, 2.24) is 9.88 Å². The van der Waals surface area contributed by atoms with E-state index in [1.54, 1.807) is 12.3 Å². The van der Waals surface area contributed by atoms with Crippen molar-refractivity contribution in [2.75, 3.05) is 31.6 Å². The second kappa shape index (κ2) is 8.17. The van der Waals surface area contributed by atoms with Gasteiger partial charge in [-0.05, 0) is 43.4 Å². The van der Waals surface area contributed by atoms with E-state index in [4.69, 9.17) is 16.3 Å². The lowest BCUT2D eigenvalue weighted by molar-refractivity contribution is 0.0724. The first kappa shape index (κ1) is 18.1. The summed E-state index contributed by atoms with van der Waals surface area (Å²) in [5.41, 5.74) is 1.79. The molecule has 1 N–H and O–H groups in total. The van der Waals surface area contributed by atoms with Gasteiger partial charge in [0.05, 0.1) is 17.2 Å². The van der Waals surface area contributed by atoms with Gasteiger partial charge in [0, 0.05) is 31.7 Å². The maximum Gasteiger partial charge on any atom is 0.255 e. The van der Waals surface area contributed by atoms with E-state index in [0.29, 0.717) is 28.9 Å². The lowest BCUT2D eigenvalue weighted by Crippen LogP contribution is -2.35. The highest BCUT2D eigenvalue weighted by molar-refractivity contribution is 6.33. The molecule has 3 heterocycles. The highest BCUT2D eigenvalue weighted by Crippen LogP contribution is 2.28. The van der Waals surface area contributed by atoms with Crippen molar-refractivity contribution in [2.24, 2.45) is 5.92 Å². The quantitative estimate of drug-likeness (QED) is 0.863. The first-order valence-electron chi connectivity index (χ1n) is 9.60. The molecule has 0 radical (unpaired) electrons. The monoisotopic (exact) mass is 385 g/mol. The molecule has 1 amide bonds. The molecule has 0 aliphatic carbocycles. The Hall–Kier alpha value is -2.27. The molecule has 0 unspecified atom stereocenters. The predicted octanol–water partition coefficient (Wildman–Crippen LogP) is 4.02. The number of rotatable bonds is 4. The zero-order chi connectivity index (χ0) is 18.6. The van der Waals surface area contributed by atoms with E-state index in [9.17, 15) is 4.79 Å². The third kappa shape index (κ3) is 4.19. The Kier molecular flexibility index (Phi) is 5.48. The summed E-state index contributed by atoms with van der Waals surface area (Å²) in [4.78, 5) is 18.9. The van der Waals surface area contributed by atoms with Crippen LogP contribution in [0.5, 0.6) is 5.75 Å². The Morgan fingerprint density at radius 3 is 2.89 bits per heavy atom. The van der Waals surface area contributed by atoms with Crippen molar-refractivity contribution >= 4 is 23.3 Å². The number of ether oxygens (including phenoxy) is 1. The number of pyridine rings is 1. The molecule has 2 aliphatic rings. The van der Waals surface area contributed by atoms with E-state index in [0.717, 1.165) is 44.6 Å². The zero-order valence-corrected chi connectivity index (χ0v) is 16.0. The summed E-state index contributed by atoms with van der Waals surface area (Å²) in [5, 5.41) is 3.79. The summed E-state index contributed by atoms with van der Waals surface area (Å²) in [6.07, 6.45) is 5.92. The number of likely N-dealkylation sites (tertiary alicyclic amines) is 1. The number of anilines is 1. The van der Waals surface area contributed by atoms with Crippen LogP contribution in [0.3, 0.4) is 0 Å². The van der Waals surface area contributed by atoms with Gasteiger partial charge >= 0.3 is 0 Å². The van der Waals surface area contributed by atoms with Crippen LogP contribution in [-0.2, 0) is 6.42 Å². The second-order valence-corrected chi connectivity index (χ2v) is 7.68. The lowest BCUT2D eigenvalue weighted by atomic mass is 9.97. The number of nitrogens with zero attached hydrogens (tertiary/aromatic N) is 2. The number of carbonyl (C=O) groups is 1. The van der Waals surface area contributed by atoms with Crippen LogP contribution >= 0.6 is 11.6 Å². The summed E-state index contributed by atoms with van der Waals surface area (Å²) in [6.45, 7) is 3.03. The number of fused-ring (bicyclic) bond motifs is 1. The number of halogens is 1. The topological polar surface area (TPSA) is 54.5 Å². The summed E-state index contributed by atoms with van der Waals surface area (Å²) < 4.78 is 5.83. The van der Waals surface area contributed by atoms with Gasteiger partial charge in [-0.25, -0.2) is 4.98 Å². The highest BCUT2D eigenvalue weighted by Gasteiger charge is 2.21. The number of amides is 1. The van der Waals surface area contributed by atoms with Crippen LogP contribution in [0, 0.1) is 5.92 Å². The fraction of sp³-hybridized carbons (Fsp3) is 0.429. The maximum atomic E-state index is 12.6. The fourth-order valence-electron chi connectivity index (χ4n) is 3.73. The number of hydrogen-bond donors (Lipinski definition) is 1. The molecule has 2 aromatic rings. The molecule has 1 aromatic heterocycles. The molecule has 6 heteroatoms. The van der Waals surface area contributed by atoms with Gasteiger partial charge in [-0.2, -0.15) is 0 Å². The molecule has 1 saturated heterocycles. The average molecular weight is 386 g/mol. The molecule has 27 heavy (non-hydrogen) atoms. The summed E-state index contributed by atoms with van der Waals surface area (Å²) in [6, 6.07) is 9.87. The smallest absolute Gasteiger partial charge is 0.255 e. The van der Waals surface area contributed by atoms with Gasteiger partial charge in [-0.15, -0.1) is 0 Å². The van der Waals surface area contributed by atoms with Gasteiger partial charge in [0.15, 0.2) is 0 Å². The van der Waals surface area contributed by atoms with Crippen molar-refractivity contribution in [3.63, 3.8) is 0 Å². The van der Waals surface area contributed by atoms with Gasteiger partial charge in [-0.1, -0.05) is 29.8 Å². The van der Waals surface area contributed by atoms with Gasteiger partial charge in [-0.3, -0.25) is 4.79 Å². The molecular weight excluding hydrogens is 362 g/mol. The molecule has 1 fully saturated rings. The number of carbonyl (C=O) groups excluding carboxylic acids is 1. The fourth-order valence-corrected chi connectivity index (χ4v) is 3.96. The standard InChI is InChI=1S/C21H24ClN3O2/c22-18-11-17(21(26)25-8-4-1-5-9-25)13-24-20(18)23-12-15-10-16-6-2-3-7-19(16)27-14-15/h2-3,6-7,11,13,15H,1,4-5,8-10,12,14H2,(H,23,24)/t15-/m0/s1. The first-order valence-corrected chi connectivity index (χ1v) is 9.98. The van der Waals surface area contributed by atoms with Gasteiger partial charge in [0.1, 0.15) is 11.6 Å². The van der Waals surface area contributed by atoms with Crippen LogP contribution < -0.4 is 10.1 Å². The molecule has 0 saturated carbocycles. The van der Waals surface area contributed by atoms with Crippen LogP contribution in [0.4, 0.5) is 5.82 Å². The Balaban J connectivity index is 1.36. The van der Waals surface area contributed by atoms with E-state index < -0.39 is 0 Å². The van der Waals surface area contributed by atoms with Crippen LogP contribution in [-0.4, -0.2) is 42.0 Å². The van der Waals surface area contributed by atoms with Gasteiger partial charge in [0.25, 0.3) is 5.91 Å². The normalized spacial score (nSPS) is 19.1. The zero-order valence-electron chi connectivity index (χ0n) is 15.3. The third-order valence-corrected chi connectivity index (χ3v) is 5.53. The largest absolute Gasteiger partial charge is 0.493 e. The van der Waals surface area contributed by atoms with Crippen molar-refractivity contribution in [2.45, 2.75) is 25.7 Å². The number of aromatic nitrogens is 1. The van der Waals surface area contributed by atoms with Crippen molar-refractivity contribution in [3.8, 4) is 5.75 Å². The molecular formula is C21H24ClN3O2. The van der Waals surface area contributed by atoms with Gasteiger partial charge < -0.3 is 15.0 Å². The molecule has 0 spiro atoms. The van der Waals surface area contributed by atoms with E-state index in [2.05, 4.69) is 16.4 Å². The van der Waals surface area contributed by atoms with Gasteiger partial charge in [0.2, 0.25) is 0 Å². The summed E-state index contributed by atoms with van der Waals surface area (Å²) in [7, 11) is 0. The number of hydrogen-bond acceptors (Lipinski definition) is 4. The average Bonchev–Trinajstić information content (AvgIpc) is 2.73. The van der Waals surface area contributed by atoms with Crippen LogP contribution in [0.1, 0.15) is 35.2 Å². The highest BCUT2D eigenvalue weighted by atomic mass is 35.5. The molecule has 0 bridgehead atoms. The SMILES string of the molecule is O=C(c1cnc(NC[C@H]2COc3ccccc3C2)c(Cl)c1)N1CCCCC1. The minimum atomic E-state index is 0.0212. The first-order chi connectivity index (χ1) is 13.2. The third-order valence-electron chi connectivity index (χ3n) is 5.25. The Morgan fingerprint density at radius 2 is 2.07 bits per heavy atom. The minimum absolute atomic E-state index is 0.0212. The van der Waals surface area contributed by atoms with E-state index in [1.165, 1.54) is 12.0 Å². The summed E-state index contributed by atoms with van der Waals surface area (Å²) >= 11 is 6.38. The molecule has 5 nitrogen and oxygen atoms in total. The second-order valence-electron chi connectivity index (χ2n) is 7.28. The van der Waals surface area contributed by atoms with Crippen molar-refractivity contribution < 1.29 is 9.53 Å². The van der Waals surface area contributed by atoms with E-state index in [-0.39, 0.29) is 5.91 Å². The number of nitrogens with one attached hydrogen (secondary N) is 1. The van der Waals surface area contributed by atoms with Crippen LogP contribution in [0.2, 0.25) is 5.02 Å². The molecule has 4 rings (SSSR count). The summed E-state index contributed by atoms with van der Waals surface area (Å²) in [5.74, 6) is 1.97. The maximum absolute atomic E-state index is 12.6. The van der Waals surface area contributed by atoms with E-state index in [1.807, 2.05) is 23.1 Å². The minimum Gasteiger partial charge on any atom is -0.493 e. The molecule has 142 valence electrons. The Labute approximate surface area is 164 Å². The van der Waals surface area contributed by atoms with Crippen molar-refractivity contribution in [1.29, 1.82) is 0 Å².